The zero-order valence-corrected chi connectivity index (χ0v) is 11.4. The Labute approximate surface area is 109 Å². The van der Waals surface area contributed by atoms with Gasteiger partial charge in [-0.05, 0) is 19.3 Å². The number of likely N-dealkylation sites (N-methyl/N-ethyl adjacent to an activating group) is 1. The van der Waals surface area contributed by atoms with E-state index in [-0.39, 0.29) is 31.0 Å². The van der Waals surface area contributed by atoms with Crippen LogP contribution in [0.5, 0.6) is 0 Å². The van der Waals surface area contributed by atoms with E-state index in [1.54, 1.807) is 11.9 Å². The molecule has 0 radical (unpaired) electrons. The summed E-state index contributed by atoms with van der Waals surface area (Å²) < 4.78 is 10.4. The van der Waals surface area contributed by atoms with Crippen LogP contribution in [0.2, 0.25) is 0 Å². The number of hydrogen-bond donors (Lipinski definition) is 1. The van der Waals surface area contributed by atoms with Crippen LogP contribution in [0.4, 0.5) is 0 Å². The van der Waals surface area contributed by atoms with E-state index in [9.17, 15) is 4.79 Å². The van der Waals surface area contributed by atoms with Crippen molar-refractivity contribution in [2.45, 2.75) is 31.4 Å². The summed E-state index contributed by atoms with van der Waals surface area (Å²) in [4.78, 5) is 13.4. The van der Waals surface area contributed by atoms with Crippen LogP contribution in [-0.4, -0.2) is 56.9 Å². The van der Waals surface area contributed by atoms with Crippen LogP contribution < -0.4 is 5.73 Å². The molecule has 0 saturated carbocycles. The lowest BCUT2D eigenvalue weighted by atomic mass is 10.1. The Morgan fingerprint density at radius 1 is 1.59 bits per heavy atom. The van der Waals surface area contributed by atoms with Crippen molar-refractivity contribution in [1.29, 1.82) is 0 Å². The number of rotatable bonds is 5. The Hall–Kier alpha value is -0.360. The molecular formula is C11H23ClN2O3. The summed E-state index contributed by atoms with van der Waals surface area (Å²) in [6.45, 7) is 1.68. The SMILES string of the molecule is COCC(N)C(=O)N(C)CC1CCCCO1.Cl. The van der Waals surface area contributed by atoms with Gasteiger partial charge in [-0.25, -0.2) is 0 Å². The Morgan fingerprint density at radius 2 is 2.29 bits per heavy atom. The Morgan fingerprint density at radius 3 is 2.82 bits per heavy atom. The van der Waals surface area contributed by atoms with Gasteiger partial charge in [0.25, 0.3) is 0 Å². The summed E-state index contributed by atoms with van der Waals surface area (Å²) in [5, 5.41) is 0. The second kappa shape index (κ2) is 8.69. The summed E-state index contributed by atoms with van der Waals surface area (Å²) in [5.41, 5.74) is 5.68. The van der Waals surface area contributed by atoms with Crippen molar-refractivity contribution < 1.29 is 14.3 Å². The minimum Gasteiger partial charge on any atom is -0.383 e. The fourth-order valence-electron chi connectivity index (χ4n) is 1.88. The first-order chi connectivity index (χ1) is 7.65. The fraction of sp³-hybridized carbons (Fsp3) is 0.909. The van der Waals surface area contributed by atoms with Crippen molar-refractivity contribution in [2.24, 2.45) is 5.73 Å². The number of nitrogens with zero attached hydrogens (tertiary/aromatic N) is 1. The lowest BCUT2D eigenvalue weighted by molar-refractivity contribution is -0.134. The van der Waals surface area contributed by atoms with Crippen molar-refractivity contribution in [3.63, 3.8) is 0 Å². The molecule has 102 valence electrons. The Bertz CT molecular complexity index is 223. The predicted octanol–water partition coefficient (Wildman–Crippen LogP) is 0.409. The molecule has 0 aromatic rings. The molecule has 0 spiro atoms. The summed E-state index contributed by atoms with van der Waals surface area (Å²) in [7, 11) is 3.30. The van der Waals surface area contributed by atoms with E-state index in [4.69, 9.17) is 15.2 Å². The first-order valence-electron chi connectivity index (χ1n) is 5.76. The number of hydrogen-bond acceptors (Lipinski definition) is 4. The molecule has 2 N–H and O–H groups in total. The van der Waals surface area contributed by atoms with Crippen molar-refractivity contribution in [3.05, 3.63) is 0 Å². The first kappa shape index (κ1) is 16.6. The summed E-state index contributed by atoms with van der Waals surface area (Å²) in [6, 6.07) is -0.571. The van der Waals surface area contributed by atoms with Crippen LogP contribution in [0, 0.1) is 0 Å². The van der Waals surface area contributed by atoms with E-state index in [1.165, 1.54) is 13.5 Å². The smallest absolute Gasteiger partial charge is 0.241 e. The lowest BCUT2D eigenvalue weighted by Crippen LogP contribution is -2.47. The van der Waals surface area contributed by atoms with E-state index >= 15 is 0 Å². The van der Waals surface area contributed by atoms with Crippen molar-refractivity contribution in [2.75, 3.05) is 33.9 Å². The van der Waals surface area contributed by atoms with Crippen molar-refractivity contribution >= 4 is 18.3 Å². The van der Waals surface area contributed by atoms with Crippen LogP contribution in [-0.2, 0) is 14.3 Å². The highest BCUT2D eigenvalue weighted by molar-refractivity contribution is 5.85. The van der Waals surface area contributed by atoms with Gasteiger partial charge in [0, 0.05) is 27.3 Å². The molecule has 1 aliphatic heterocycles. The minimum atomic E-state index is -0.571. The van der Waals surface area contributed by atoms with Gasteiger partial charge in [0.05, 0.1) is 12.7 Å². The summed E-state index contributed by atoms with van der Waals surface area (Å²) in [5.74, 6) is -0.0870. The van der Waals surface area contributed by atoms with Gasteiger partial charge >= 0.3 is 0 Å². The molecule has 0 aliphatic carbocycles. The molecule has 1 fully saturated rings. The molecule has 6 heteroatoms. The second-order valence-corrected chi connectivity index (χ2v) is 4.27. The van der Waals surface area contributed by atoms with Crippen LogP contribution in [0.15, 0.2) is 0 Å². The van der Waals surface area contributed by atoms with E-state index < -0.39 is 6.04 Å². The third kappa shape index (κ3) is 5.68. The molecule has 1 heterocycles. The zero-order valence-electron chi connectivity index (χ0n) is 10.6. The Balaban J connectivity index is 0.00000256. The quantitative estimate of drug-likeness (QED) is 0.783. The van der Waals surface area contributed by atoms with E-state index in [0.717, 1.165) is 19.4 Å². The maximum atomic E-state index is 11.8. The molecule has 0 aromatic carbocycles. The van der Waals surface area contributed by atoms with E-state index in [0.29, 0.717) is 6.54 Å². The molecule has 1 rings (SSSR count). The molecule has 0 aromatic heterocycles. The molecule has 2 atom stereocenters. The maximum Gasteiger partial charge on any atom is 0.241 e. The molecule has 5 nitrogen and oxygen atoms in total. The number of nitrogens with two attached hydrogens (primary N) is 1. The van der Waals surface area contributed by atoms with Crippen molar-refractivity contribution in [3.8, 4) is 0 Å². The van der Waals surface area contributed by atoms with Gasteiger partial charge < -0.3 is 20.1 Å². The van der Waals surface area contributed by atoms with Crippen LogP contribution >= 0.6 is 12.4 Å². The van der Waals surface area contributed by atoms with Crippen LogP contribution in [0.1, 0.15) is 19.3 Å². The van der Waals surface area contributed by atoms with E-state index in [2.05, 4.69) is 0 Å². The number of carbonyl (C=O) groups excluding carboxylic acids is 1. The molecule has 1 aliphatic rings. The van der Waals surface area contributed by atoms with Crippen LogP contribution in [0.25, 0.3) is 0 Å². The topological polar surface area (TPSA) is 64.8 Å². The highest BCUT2D eigenvalue weighted by Gasteiger charge is 2.22. The molecule has 1 amide bonds. The maximum absolute atomic E-state index is 11.8. The average molecular weight is 267 g/mol. The van der Waals surface area contributed by atoms with Gasteiger partial charge in [0.2, 0.25) is 5.91 Å². The van der Waals surface area contributed by atoms with Gasteiger partial charge in [-0.2, -0.15) is 0 Å². The molecular weight excluding hydrogens is 244 g/mol. The molecule has 17 heavy (non-hydrogen) atoms. The molecule has 0 bridgehead atoms. The lowest BCUT2D eigenvalue weighted by Gasteiger charge is -2.28. The summed E-state index contributed by atoms with van der Waals surface area (Å²) >= 11 is 0. The first-order valence-corrected chi connectivity index (χ1v) is 5.76. The number of ether oxygens (including phenoxy) is 2. The number of amides is 1. The highest BCUT2D eigenvalue weighted by Crippen LogP contribution is 2.13. The second-order valence-electron chi connectivity index (χ2n) is 4.27. The van der Waals surface area contributed by atoms with Crippen molar-refractivity contribution in [1.82, 2.24) is 4.90 Å². The monoisotopic (exact) mass is 266 g/mol. The van der Waals surface area contributed by atoms with Crippen LogP contribution in [0.3, 0.4) is 0 Å². The summed E-state index contributed by atoms with van der Waals surface area (Å²) in [6.07, 6.45) is 3.49. The Kier molecular flexibility index (Phi) is 8.51. The van der Waals surface area contributed by atoms with Gasteiger partial charge in [-0.1, -0.05) is 0 Å². The normalized spacial score (nSPS) is 21.5. The number of halogens is 1. The third-order valence-electron chi connectivity index (χ3n) is 2.79. The highest BCUT2D eigenvalue weighted by atomic mass is 35.5. The minimum absolute atomic E-state index is 0. The molecule has 2 unspecified atom stereocenters. The fourth-order valence-corrected chi connectivity index (χ4v) is 1.88. The van der Waals surface area contributed by atoms with Gasteiger partial charge in [0.15, 0.2) is 0 Å². The van der Waals surface area contributed by atoms with E-state index in [1.807, 2.05) is 0 Å². The van der Waals surface area contributed by atoms with Gasteiger partial charge in [-0.15, -0.1) is 12.4 Å². The standard InChI is InChI=1S/C11H22N2O3.ClH/c1-13(11(14)10(12)8-15-2)7-9-5-3-4-6-16-9;/h9-10H,3-8,12H2,1-2H3;1H. The number of methoxy groups -OCH3 is 1. The zero-order chi connectivity index (χ0) is 12.0. The van der Waals surface area contributed by atoms with Gasteiger partial charge in [0.1, 0.15) is 6.04 Å². The number of carbonyl (C=O) groups is 1. The predicted molar refractivity (Wildman–Crippen MR) is 68.3 cm³/mol. The third-order valence-corrected chi connectivity index (χ3v) is 2.79. The average Bonchev–Trinajstić information content (AvgIpc) is 2.29. The molecule has 1 saturated heterocycles. The van der Waals surface area contributed by atoms with Gasteiger partial charge in [-0.3, -0.25) is 4.79 Å². The largest absolute Gasteiger partial charge is 0.383 e.